The van der Waals surface area contributed by atoms with Crippen LogP contribution in [0, 0.1) is 23.2 Å². The fourth-order valence-electron chi connectivity index (χ4n) is 2.57. The van der Waals surface area contributed by atoms with Crippen molar-refractivity contribution in [1.82, 2.24) is 5.32 Å². The van der Waals surface area contributed by atoms with Crippen LogP contribution in [0.3, 0.4) is 0 Å². The van der Waals surface area contributed by atoms with Crippen molar-refractivity contribution < 1.29 is 18.3 Å². The standard InChI is InChI=1S/C12H19F3N2O/c1-9-3-2-4-11(5-9,8-18)17-7-10(6-16)12(13,14)15/h9-10,17-18H,2-5,7-8H2,1H3. The van der Waals surface area contributed by atoms with E-state index in [1.165, 1.54) is 6.07 Å². The average Bonchev–Trinajstić information content (AvgIpc) is 2.28. The summed E-state index contributed by atoms with van der Waals surface area (Å²) in [5, 5.41) is 20.7. The van der Waals surface area contributed by atoms with Gasteiger partial charge in [-0.15, -0.1) is 0 Å². The molecule has 104 valence electrons. The summed E-state index contributed by atoms with van der Waals surface area (Å²) >= 11 is 0. The van der Waals surface area contributed by atoms with Crippen LogP contribution in [0.1, 0.15) is 32.6 Å². The largest absolute Gasteiger partial charge is 0.405 e. The monoisotopic (exact) mass is 264 g/mol. The molecule has 1 saturated carbocycles. The molecule has 0 aromatic rings. The number of nitriles is 1. The smallest absolute Gasteiger partial charge is 0.394 e. The summed E-state index contributed by atoms with van der Waals surface area (Å²) in [5.74, 6) is -1.64. The number of alkyl halides is 3. The number of aliphatic hydroxyl groups excluding tert-OH is 1. The zero-order valence-corrected chi connectivity index (χ0v) is 10.4. The molecule has 3 nitrogen and oxygen atoms in total. The zero-order chi connectivity index (χ0) is 13.8. The molecule has 0 spiro atoms. The summed E-state index contributed by atoms with van der Waals surface area (Å²) < 4.78 is 37.4. The first-order valence-corrected chi connectivity index (χ1v) is 6.15. The minimum absolute atomic E-state index is 0.187. The van der Waals surface area contributed by atoms with Crippen molar-refractivity contribution >= 4 is 0 Å². The number of hydrogen-bond donors (Lipinski definition) is 2. The van der Waals surface area contributed by atoms with Gasteiger partial charge in [0.2, 0.25) is 0 Å². The van der Waals surface area contributed by atoms with Gasteiger partial charge in [0.1, 0.15) is 0 Å². The Hall–Kier alpha value is -0.800. The molecule has 1 fully saturated rings. The molecule has 3 atom stereocenters. The normalized spacial score (nSPS) is 30.8. The SMILES string of the molecule is CC1CCCC(CO)(NCC(C#N)C(F)(F)F)C1. The lowest BCUT2D eigenvalue weighted by atomic mass is 9.76. The van der Waals surface area contributed by atoms with Gasteiger partial charge in [0, 0.05) is 12.1 Å². The van der Waals surface area contributed by atoms with Crippen molar-refractivity contribution in [2.45, 2.75) is 44.3 Å². The number of aliphatic hydroxyl groups is 1. The highest BCUT2D eigenvalue weighted by Crippen LogP contribution is 2.33. The molecule has 0 saturated heterocycles. The molecule has 1 aliphatic rings. The Morgan fingerprint density at radius 3 is 2.67 bits per heavy atom. The van der Waals surface area contributed by atoms with Crippen LogP contribution in [0.5, 0.6) is 0 Å². The zero-order valence-electron chi connectivity index (χ0n) is 10.4. The van der Waals surface area contributed by atoms with Gasteiger partial charge in [0.15, 0.2) is 5.92 Å². The lowest BCUT2D eigenvalue weighted by molar-refractivity contribution is -0.159. The predicted molar refractivity (Wildman–Crippen MR) is 60.6 cm³/mol. The predicted octanol–water partition coefficient (Wildman–Crippen LogP) is 2.22. The lowest BCUT2D eigenvalue weighted by Gasteiger charge is -2.40. The van der Waals surface area contributed by atoms with Crippen LogP contribution in [0.15, 0.2) is 0 Å². The molecule has 0 aliphatic heterocycles. The van der Waals surface area contributed by atoms with E-state index in [1.807, 2.05) is 6.92 Å². The first-order valence-electron chi connectivity index (χ1n) is 6.15. The molecular weight excluding hydrogens is 245 g/mol. The second kappa shape index (κ2) is 5.89. The molecule has 1 aliphatic carbocycles. The molecule has 1 rings (SSSR count). The van der Waals surface area contributed by atoms with E-state index in [9.17, 15) is 18.3 Å². The fourth-order valence-corrected chi connectivity index (χ4v) is 2.57. The molecule has 0 bridgehead atoms. The van der Waals surface area contributed by atoms with Gasteiger partial charge in [-0.3, -0.25) is 0 Å². The van der Waals surface area contributed by atoms with Crippen LogP contribution in [0.25, 0.3) is 0 Å². The number of nitrogens with one attached hydrogen (secondary N) is 1. The molecule has 6 heteroatoms. The van der Waals surface area contributed by atoms with Crippen LogP contribution in [0.4, 0.5) is 13.2 Å². The minimum atomic E-state index is -4.52. The van der Waals surface area contributed by atoms with E-state index >= 15 is 0 Å². The van der Waals surface area contributed by atoms with Gasteiger partial charge in [0.05, 0.1) is 12.7 Å². The van der Waals surface area contributed by atoms with E-state index < -0.39 is 24.2 Å². The molecule has 0 aromatic heterocycles. The quantitative estimate of drug-likeness (QED) is 0.818. The number of hydrogen-bond acceptors (Lipinski definition) is 3. The summed E-state index contributed by atoms with van der Waals surface area (Å²) in [6, 6.07) is 1.26. The Bertz CT molecular complexity index is 313. The number of nitrogens with zero attached hydrogens (tertiary/aromatic N) is 1. The highest BCUT2D eigenvalue weighted by molar-refractivity contribution is 4.97. The van der Waals surface area contributed by atoms with Gasteiger partial charge < -0.3 is 10.4 Å². The first-order chi connectivity index (χ1) is 8.33. The van der Waals surface area contributed by atoms with Gasteiger partial charge in [-0.25, -0.2) is 0 Å². The van der Waals surface area contributed by atoms with Gasteiger partial charge in [-0.1, -0.05) is 19.8 Å². The summed E-state index contributed by atoms with van der Waals surface area (Å²) in [6.07, 6.45) is -1.29. The van der Waals surface area contributed by atoms with Gasteiger partial charge >= 0.3 is 6.18 Å². The van der Waals surface area contributed by atoms with Crippen LogP contribution in [-0.2, 0) is 0 Å². The fraction of sp³-hybridized carbons (Fsp3) is 0.917. The third kappa shape index (κ3) is 3.85. The lowest BCUT2D eigenvalue weighted by Crippen LogP contribution is -2.53. The maximum Gasteiger partial charge on any atom is 0.405 e. The van der Waals surface area contributed by atoms with Crippen LogP contribution in [0.2, 0.25) is 0 Å². The van der Waals surface area contributed by atoms with Crippen LogP contribution < -0.4 is 5.32 Å². The average molecular weight is 264 g/mol. The van der Waals surface area contributed by atoms with Crippen molar-refractivity contribution in [2.24, 2.45) is 11.8 Å². The summed E-state index contributed by atoms with van der Waals surface area (Å²) in [4.78, 5) is 0. The van der Waals surface area contributed by atoms with Crippen molar-refractivity contribution in [3.63, 3.8) is 0 Å². The van der Waals surface area contributed by atoms with E-state index in [0.29, 0.717) is 18.8 Å². The summed E-state index contributed by atoms with van der Waals surface area (Å²) in [6.45, 7) is 1.39. The second-order valence-electron chi connectivity index (χ2n) is 5.24. The van der Waals surface area contributed by atoms with Crippen LogP contribution >= 0.6 is 0 Å². The van der Waals surface area contributed by atoms with E-state index in [0.717, 1.165) is 12.8 Å². The van der Waals surface area contributed by atoms with Gasteiger partial charge in [0.25, 0.3) is 0 Å². The molecule has 0 heterocycles. The Balaban J connectivity index is 2.61. The van der Waals surface area contributed by atoms with Crippen molar-refractivity contribution in [3.8, 4) is 6.07 Å². The second-order valence-corrected chi connectivity index (χ2v) is 5.24. The van der Waals surface area contributed by atoms with Gasteiger partial charge in [-0.05, 0) is 18.8 Å². The van der Waals surface area contributed by atoms with E-state index in [1.54, 1.807) is 0 Å². The highest BCUT2D eigenvalue weighted by Gasteiger charge is 2.42. The van der Waals surface area contributed by atoms with Crippen molar-refractivity contribution in [1.29, 1.82) is 5.26 Å². The maximum atomic E-state index is 12.5. The van der Waals surface area contributed by atoms with Crippen molar-refractivity contribution in [3.05, 3.63) is 0 Å². The Kier molecular flexibility index (Phi) is 5.00. The Morgan fingerprint density at radius 1 is 1.56 bits per heavy atom. The Morgan fingerprint density at radius 2 is 2.22 bits per heavy atom. The molecule has 18 heavy (non-hydrogen) atoms. The first kappa shape index (κ1) is 15.3. The Labute approximate surface area is 105 Å². The maximum absolute atomic E-state index is 12.5. The number of rotatable bonds is 4. The third-order valence-corrected chi connectivity index (χ3v) is 3.63. The molecule has 3 unspecified atom stereocenters. The van der Waals surface area contributed by atoms with Gasteiger partial charge in [-0.2, -0.15) is 18.4 Å². The van der Waals surface area contributed by atoms with Crippen LogP contribution in [-0.4, -0.2) is 30.0 Å². The minimum Gasteiger partial charge on any atom is -0.394 e. The van der Waals surface area contributed by atoms with E-state index in [-0.39, 0.29) is 6.61 Å². The molecule has 0 radical (unpaired) electrons. The summed E-state index contributed by atoms with van der Waals surface area (Å²) in [7, 11) is 0. The highest BCUT2D eigenvalue weighted by atomic mass is 19.4. The third-order valence-electron chi connectivity index (χ3n) is 3.63. The molecule has 0 aromatic carbocycles. The van der Waals surface area contributed by atoms with Crippen molar-refractivity contribution in [2.75, 3.05) is 13.2 Å². The van der Waals surface area contributed by atoms with E-state index in [4.69, 9.17) is 5.26 Å². The number of halogens is 3. The molecular formula is C12H19F3N2O. The molecule has 0 amide bonds. The summed E-state index contributed by atoms with van der Waals surface area (Å²) in [5.41, 5.74) is -0.655. The topological polar surface area (TPSA) is 56.0 Å². The van der Waals surface area contributed by atoms with E-state index in [2.05, 4.69) is 5.32 Å². The molecule has 2 N–H and O–H groups in total.